The summed E-state index contributed by atoms with van der Waals surface area (Å²) in [4.78, 5) is 12.9. The molecule has 1 N–H and O–H groups in total. The number of sulfonamides is 1. The topological polar surface area (TPSA) is 84.9 Å². The molecule has 0 radical (unpaired) electrons. The fourth-order valence-electron chi connectivity index (χ4n) is 3.37. The average Bonchev–Trinajstić information content (AvgIpc) is 2.72. The third-order valence-electron chi connectivity index (χ3n) is 4.94. The Hall–Kier alpha value is -2.95. The van der Waals surface area contributed by atoms with Gasteiger partial charge in [0.1, 0.15) is 19.3 Å². The molecule has 0 aromatic heterocycles. The summed E-state index contributed by atoms with van der Waals surface area (Å²) >= 11 is 0. The number of carbonyl (C=O) groups is 1. The summed E-state index contributed by atoms with van der Waals surface area (Å²) < 4.78 is 75.7. The summed E-state index contributed by atoms with van der Waals surface area (Å²) in [5.41, 5.74) is -0.572. The zero-order valence-corrected chi connectivity index (χ0v) is 18.5. The molecule has 1 aliphatic rings. The Morgan fingerprint density at radius 2 is 1.72 bits per heavy atom. The molecular weight excluding hydrogens is 449 g/mol. The molecule has 174 valence electrons. The molecule has 2 aromatic carbocycles. The quantitative estimate of drug-likeness (QED) is 0.696. The van der Waals surface area contributed by atoms with Gasteiger partial charge in [-0.15, -0.1) is 0 Å². The summed E-state index contributed by atoms with van der Waals surface area (Å²) in [5, 5.41) is 2.71. The van der Waals surface area contributed by atoms with Crippen LogP contribution in [0.1, 0.15) is 31.0 Å². The van der Waals surface area contributed by atoms with Crippen molar-refractivity contribution >= 4 is 21.6 Å². The van der Waals surface area contributed by atoms with Gasteiger partial charge in [0, 0.05) is 0 Å². The highest BCUT2D eigenvalue weighted by molar-refractivity contribution is 7.92. The minimum absolute atomic E-state index is 0.253. The lowest BCUT2D eigenvalue weighted by atomic mass is 10.1. The van der Waals surface area contributed by atoms with Crippen molar-refractivity contribution < 1.29 is 35.9 Å². The SMILES string of the molecule is C[C@H](NC(=O)[C@@H](C)N(c1cccc(C(F)(F)F)c1)S(C)(=O)=O)c1ccc2c(c1)OCCO2. The number of halogens is 3. The molecule has 32 heavy (non-hydrogen) atoms. The first kappa shape index (κ1) is 23.7. The molecule has 0 saturated carbocycles. The monoisotopic (exact) mass is 472 g/mol. The molecule has 0 spiro atoms. The first-order valence-electron chi connectivity index (χ1n) is 9.74. The molecule has 0 saturated heterocycles. The van der Waals surface area contributed by atoms with Gasteiger partial charge in [0.2, 0.25) is 15.9 Å². The number of amides is 1. The molecule has 1 heterocycles. The Bertz CT molecular complexity index is 1100. The molecule has 1 amide bonds. The number of benzene rings is 2. The number of alkyl halides is 3. The highest BCUT2D eigenvalue weighted by Gasteiger charge is 2.34. The maximum Gasteiger partial charge on any atom is 0.416 e. The molecule has 2 atom stereocenters. The summed E-state index contributed by atoms with van der Waals surface area (Å²) in [6, 6.07) is 7.19. The van der Waals surface area contributed by atoms with Crippen LogP contribution in [0.4, 0.5) is 18.9 Å². The van der Waals surface area contributed by atoms with Crippen LogP contribution < -0.4 is 19.1 Å². The Morgan fingerprint density at radius 3 is 2.34 bits per heavy atom. The third-order valence-corrected chi connectivity index (χ3v) is 6.18. The summed E-state index contributed by atoms with van der Waals surface area (Å²) in [5.74, 6) is 0.444. The molecule has 0 fully saturated rings. The molecule has 11 heteroatoms. The molecule has 3 rings (SSSR count). The largest absolute Gasteiger partial charge is 0.486 e. The summed E-state index contributed by atoms with van der Waals surface area (Å²) in [6.45, 7) is 3.85. The average molecular weight is 472 g/mol. The zero-order valence-electron chi connectivity index (χ0n) is 17.6. The number of carbonyl (C=O) groups excluding carboxylic acids is 1. The van der Waals surface area contributed by atoms with E-state index in [0.29, 0.717) is 40.6 Å². The van der Waals surface area contributed by atoms with Crippen molar-refractivity contribution in [2.75, 3.05) is 23.8 Å². The normalized spacial score (nSPS) is 15.6. The first-order chi connectivity index (χ1) is 14.9. The van der Waals surface area contributed by atoms with Gasteiger partial charge in [-0.05, 0) is 49.7 Å². The Balaban J connectivity index is 1.83. The third kappa shape index (κ3) is 5.26. The Labute approximate surface area is 184 Å². The van der Waals surface area contributed by atoms with Gasteiger partial charge >= 0.3 is 6.18 Å². The Kier molecular flexibility index (Phi) is 6.59. The second-order valence-electron chi connectivity index (χ2n) is 7.42. The lowest BCUT2D eigenvalue weighted by Gasteiger charge is -2.30. The zero-order chi connectivity index (χ0) is 23.7. The van der Waals surface area contributed by atoms with Crippen molar-refractivity contribution in [3.05, 3.63) is 53.6 Å². The molecule has 0 aliphatic carbocycles. The first-order valence-corrected chi connectivity index (χ1v) is 11.6. The van der Waals surface area contributed by atoms with Gasteiger partial charge in [0.15, 0.2) is 11.5 Å². The van der Waals surface area contributed by atoms with Crippen molar-refractivity contribution in [3.63, 3.8) is 0 Å². The van der Waals surface area contributed by atoms with Crippen LogP contribution in [0.25, 0.3) is 0 Å². The van der Waals surface area contributed by atoms with Crippen molar-refractivity contribution in [1.82, 2.24) is 5.32 Å². The fourth-order valence-corrected chi connectivity index (χ4v) is 4.54. The predicted octanol–water partition coefficient (Wildman–Crippen LogP) is 3.51. The van der Waals surface area contributed by atoms with E-state index in [2.05, 4.69) is 5.32 Å². The number of fused-ring (bicyclic) bond motifs is 1. The van der Waals surface area contributed by atoms with E-state index >= 15 is 0 Å². The molecule has 7 nitrogen and oxygen atoms in total. The number of ether oxygens (including phenoxy) is 2. The number of anilines is 1. The highest BCUT2D eigenvalue weighted by atomic mass is 32.2. The van der Waals surface area contributed by atoms with Crippen LogP contribution in [0.2, 0.25) is 0 Å². The van der Waals surface area contributed by atoms with Crippen molar-refractivity contribution in [1.29, 1.82) is 0 Å². The van der Waals surface area contributed by atoms with E-state index in [0.717, 1.165) is 18.4 Å². The number of hydrogen-bond acceptors (Lipinski definition) is 5. The lowest BCUT2D eigenvalue weighted by Crippen LogP contribution is -2.48. The van der Waals surface area contributed by atoms with Crippen LogP contribution in [0.5, 0.6) is 11.5 Å². The van der Waals surface area contributed by atoms with Crippen molar-refractivity contribution in [3.8, 4) is 11.5 Å². The second kappa shape index (κ2) is 8.89. The summed E-state index contributed by atoms with van der Waals surface area (Å²) in [7, 11) is -4.07. The minimum Gasteiger partial charge on any atom is -0.486 e. The minimum atomic E-state index is -4.66. The van der Waals surface area contributed by atoms with Gasteiger partial charge in [0.05, 0.1) is 23.5 Å². The molecule has 0 bridgehead atoms. The predicted molar refractivity (Wildman–Crippen MR) is 112 cm³/mol. The highest BCUT2D eigenvalue weighted by Crippen LogP contribution is 2.34. The Morgan fingerprint density at radius 1 is 1.06 bits per heavy atom. The van der Waals surface area contributed by atoms with Gasteiger partial charge in [-0.25, -0.2) is 8.42 Å². The molecule has 1 aliphatic heterocycles. The van der Waals surface area contributed by atoms with Gasteiger partial charge in [-0.1, -0.05) is 12.1 Å². The maximum absolute atomic E-state index is 13.1. The van der Waals surface area contributed by atoms with E-state index in [1.165, 1.54) is 13.0 Å². The van der Waals surface area contributed by atoms with Gasteiger partial charge in [-0.3, -0.25) is 9.10 Å². The van der Waals surface area contributed by atoms with Gasteiger partial charge in [-0.2, -0.15) is 13.2 Å². The van der Waals surface area contributed by atoms with Crippen LogP contribution in [0.15, 0.2) is 42.5 Å². The standard InChI is InChI=1S/C21H23F3N2O5S/c1-13(15-7-8-18-19(11-15)31-10-9-30-18)25-20(27)14(2)26(32(3,28)29)17-6-4-5-16(12-17)21(22,23)24/h4-8,11-14H,9-10H2,1-3H3,(H,25,27)/t13-,14+/m0/s1. The van der Waals surface area contributed by atoms with E-state index < -0.39 is 39.8 Å². The molecule has 0 unspecified atom stereocenters. The van der Waals surface area contributed by atoms with E-state index in [-0.39, 0.29) is 5.69 Å². The number of hydrogen-bond donors (Lipinski definition) is 1. The smallest absolute Gasteiger partial charge is 0.416 e. The van der Waals surface area contributed by atoms with Crippen LogP contribution in [-0.4, -0.2) is 39.8 Å². The fraction of sp³-hybridized carbons (Fsp3) is 0.381. The van der Waals surface area contributed by atoms with Crippen LogP contribution in [0, 0.1) is 0 Å². The lowest BCUT2D eigenvalue weighted by molar-refractivity contribution is -0.137. The van der Waals surface area contributed by atoms with Crippen molar-refractivity contribution in [2.45, 2.75) is 32.1 Å². The molecule has 2 aromatic rings. The number of rotatable bonds is 6. The van der Waals surface area contributed by atoms with Crippen LogP contribution in [-0.2, 0) is 21.0 Å². The van der Waals surface area contributed by atoms with Gasteiger partial charge < -0.3 is 14.8 Å². The number of nitrogens with one attached hydrogen (secondary N) is 1. The molecular formula is C21H23F3N2O5S. The van der Waals surface area contributed by atoms with E-state index in [1.54, 1.807) is 25.1 Å². The van der Waals surface area contributed by atoms with Crippen molar-refractivity contribution in [2.24, 2.45) is 0 Å². The second-order valence-corrected chi connectivity index (χ2v) is 9.28. The maximum atomic E-state index is 13.1. The van der Waals surface area contributed by atoms with Crippen LogP contribution >= 0.6 is 0 Å². The van der Waals surface area contributed by atoms with E-state index in [1.807, 2.05) is 0 Å². The van der Waals surface area contributed by atoms with E-state index in [4.69, 9.17) is 9.47 Å². The summed E-state index contributed by atoms with van der Waals surface area (Å²) in [6.07, 6.45) is -3.82. The van der Waals surface area contributed by atoms with Crippen LogP contribution in [0.3, 0.4) is 0 Å². The van der Waals surface area contributed by atoms with E-state index in [9.17, 15) is 26.4 Å². The van der Waals surface area contributed by atoms with Gasteiger partial charge in [0.25, 0.3) is 0 Å². The number of nitrogens with zero attached hydrogens (tertiary/aromatic N) is 1.